The quantitative estimate of drug-likeness (QED) is 0.652. The van der Waals surface area contributed by atoms with Crippen molar-refractivity contribution in [1.29, 1.82) is 0 Å². The zero-order chi connectivity index (χ0) is 14.8. The Balaban J connectivity index is 2.01. The summed E-state index contributed by atoms with van der Waals surface area (Å²) in [6.45, 7) is 0.634. The van der Waals surface area contributed by atoms with Crippen molar-refractivity contribution >= 4 is 28.7 Å². The molecule has 0 atom stereocenters. The maximum Gasteiger partial charge on any atom is 0.353 e. The molecule has 110 valence electrons. The van der Waals surface area contributed by atoms with E-state index in [0.29, 0.717) is 18.4 Å². The van der Waals surface area contributed by atoms with Gasteiger partial charge in [0.2, 0.25) is 11.6 Å². The van der Waals surface area contributed by atoms with Crippen LogP contribution in [0.4, 0.5) is 17.3 Å². The summed E-state index contributed by atoms with van der Waals surface area (Å²) in [6, 6.07) is 2.36. The van der Waals surface area contributed by atoms with Gasteiger partial charge in [-0.25, -0.2) is 9.97 Å². The Bertz CT molecular complexity index is 642. The Hall–Kier alpha value is -2.22. The fraction of sp³-hybridized carbons (Fsp3) is 0.385. The molecule has 2 aromatic rings. The third-order valence-electron chi connectivity index (χ3n) is 3.42. The van der Waals surface area contributed by atoms with E-state index < -0.39 is 4.92 Å². The van der Waals surface area contributed by atoms with Crippen LogP contribution < -0.4 is 10.2 Å². The van der Waals surface area contributed by atoms with Crippen molar-refractivity contribution in [3.63, 3.8) is 0 Å². The van der Waals surface area contributed by atoms with E-state index in [0.717, 1.165) is 18.4 Å². The number of nitrogens with zero attached hydrogens (tertiary/aromatic N) is 4. The molecule has 21 heavy (non-hydrogen) atoms. The second-order valence-electron chi connectivity index (χ2n) is 4.89. The number of thiophene rings is 1. The molecular weight excluding hydrogens is 290 g/mol. The average molecular weight is 305 g/mol. The van der Waals surface area contributed by atoms with E-state index >= 15 is 0 Å². The van der Waals surface area contributed by atoms with Gasteiger partial charge in [0.05, 0.1) is 4.92 Å². The summed E-state index contributed by atoms with van der Waals surface area (Å²) in [6.07, 6.45) is 3.46. The third kappa shape index (κ3) is 2.80. The van der Waals surface area contributed by atoms with E-state index in [9.17, 15) is 10.1 Å². The molecule has 0 saturated heterocycles. The maximum absolute atomic E-state index is 11.4. The van der Waals surface area contributed by atoms with Gasteiger partial charge in [0.25, 0.3) is 0 Å². The van der Waals surface area contributed by atoms with Crippen LogP contribution in [-0.2, 0) is 6.54 Å². The Morgan fingerprint density at radius 1 is 1.52 bits per heavy atom. The smallest absolute Gasteiger partial charge is 0.353 e. The van der Waals surface area contributed by atoms with Crippen LogP contribution in [0.15, 0.2) is 23.2 Å². The van der Waals surface area contributed by atoms with Gasteiger partial charge in [0, 0.05) is 19.6 Å². The lowest BCUT2D eigenvalue weighted by Crippen LogP contribution is -2.27. The molecule has 0 radical (unpaired) electrons. The SMILES string of the molecule is CNc1ncnc(N(Cc2ccsc2)C2CC2)c1[N+](=O)[O-]. The summed E-state index contributed by atoms with van der Waals surface area (Å²) in [4.78, 5) is 21.2. The fourth-order valence-electron chi connectivity index (χ4n) is 2.27. The van der Waals surface area contributed by atoms with Crippen LogP contribution in [0.3, 0.4) is 0 Å². The molecule has 0 amide bonds. The number of nitro groups is 1. The number of aromatic nitrogens is 2. The second kappa shape index (κ2) is 5.65. The summed E-state index contributed by atoms with van der Waals surface area (Å²) in [5.74, 6) is 0.647. The minimum atomic E-state index is -0.413. The molecule has 1 N–H and O–H groups in total. The number of rotatable bonds is 6. The first-order chi connectivity index (χ1) is 10.2. The highest BCUT2D eigenvalue weighted by Crippen LogP contribution is 2.39. The van der Waals surface area contributed by atoms with Gasteiger partial charge in [-0.05, 0) is 35.2 Å². The second-order valence-corrected chi connectivity index (χ2v) is 5.67. The lowest BCUT2D eigenvalue weighted by molar-refractivity contribution is -0.383. The lowest BCUT2D eigenvalue weighted by atomic mass is 10.3. The van der Waals surface area contributed by atoms with Crippen LogP contribution in [0.25, 0.3) is 0 Å². The minimum absolute atomic E-state index is 0.0536. The van der Waals surface area contributed by atoms with Gasteiger partial charge in [0.1, 0.15) is 6.33 Å². The van der Waals surface area contributed by atoms with Gasteiger partial charge < -0.3 is 10.2 Å². The molecule has 8 heteroatoms. The molecule has 3 rings (SSSR count). The van der Waals surface area contributed by atoms with Crippen molar-refractivity contribution in [2.75, 3.05) is 17.3 Å². The van der Waals surface area contributed by atoms with Crippen molar-refractivity contribution in [3.8, 4) is 0 Å². The minimum Gasteiger partial charge on any atom is -0.367 e. The van der Waals surface area contributed by atoms with E-state index in [2.05, 4.69) is 20.7 Å². The zero-order valence-electron chi connectivity index (χ0n) is 11.5. The normalized spacial score (nSPS) is 14.0. The van der Waals surface area contributed by atoms with E-state index in [-0.39, 0.29) is 11.5 Å². The molecule has 1 saturated carbocycles. The number of hydrogen-bond donors (Lipinski definition) is 1. The molecule has 0 aliphatic heterocycles. The average Bonchev–Trinajstić information content (AvgIpc) is 3.20. The van der Waals surface area contributed by atoms with Crippen LogP contribution in [0.2, 0.25) is 0 Å². The number of anilines is 2. The molecule has 0 spiro atoms. The Morgan fingerprint density at radius 2 is 2.33 bits per heavy atom. The van der Waals surface area contributed by atoms with Crippen molar-refractivity contribution in [1.82, 2.24) is 9.97 Å². The van der Waals surface area contributed by atoms with E-state index in [1.165, 1.54) is 6.33 Å². The summed E-state index contributed by atoms with van der Waals surface area (Å²) in [7, 11) is 1.62. The van der Waals surface area contributed by atoms with Crippen molar-refractivity contribution in [2.45, 2.75) is 25.4 Å². The molecule has 2 heterocycles. The molecule has 7 nitrogen and oxygen atoms in total. The van der Waals surface area contributed by atoms with Gasteiger partial charge in [-0.2, -0.15) is 11.3 Å². The number of nitrogens with one attached hydrogen (secondary N) is 1. The van der Waals surface area contributed by atoms with Crippen LogP contribution in [-0.4, -0.2) is 28.0 Å². The summed E-state index contributed by atoms with van der Waals surface area (Å²) in [5.41, 5.74) is 1.09. The first kappa shape index (κ1) is 13.7. The first-order valence-electron chi connectivity index (χ1n) is 6.65. The molecule has 0 aromatic carbocycles. The molecule has 0 unspecified atom stereocenters. The van der Waals surface area contributed by atoms with Crippen molar-refractivity contribution < 1.29 is 4.92 Å². The fourth-order valence-corrected chi connectivity index (χ4v) is 2.93. The summed E-state index contributed by atoms with van der Waals surface area (Å²) >= 11 is 1.62. The topological polar surface area (TPSA) is 84.2 Å². The van der Waals surface area contributed by atoms with Gasteiger partial charge in [-0.3, -0.25) is 10.1 Å². The van der Waals surface area contributed by atoms with Gasteiger partial charge >= 0.3 is 5.69 Å². The highest BCUT2D eigenvalue weighted by atomic mass is 32.1. The van der Waals surface area contributed by atoms with Crippen molar-refractivity contribution in [3.05, 3.63) is 38.8 Å². The Labute approximate surface area is 125 Å². The largest absolute Gasteiger partial charge is 0.367 e. The predicted octanol–water partition coefficient (Wildman–Crippen LogP) is 2.66. The summed E-state index contributed by atoms with van der Waals surface area (Å²) in [5, 5.41) is 18.3. The molecular formula is C13H15N5O2S. The molecule has 1 fully saturated rings. The first-order valence-corrected chi connectivity index (χ1v) is 7.60. The van der Waals surface area contributed by atoms with Gasteiger partial charge in [-0.15, -0.1) is 0 Å². The molecule has 1 aliphatic rings. The van der Waals surface area contributed by atoms with Crippen LogP contribution >= 0.6 is 11.3 Å². The van der Waals surface area contributed by atoms with Gasteiger partial charge in [0.15, 0.2) is 0 Å². The van der Waals surface area contributed by atoms with E-state index in [1.807, 2.05) is 16.3 Å². The van der Waals surface area contributed by atoms with Gasteiger partial charge in [-0.1, -0.05) is 0 Å². The predicted molar refractivity (Wildman–Crippen MR) is 81.8 cm³/mol. The summed E-state index contributed by atoms with van der Waals surface area (Å²) < 4.78 is 0. The highest BCUT2D eigenvalue weighted by molar-refractivity contribution is 7.07. The van der Waals surface area contributed by atoms with E-state index in [4.69, 9.17) is 0 Å². The highest BCUT2D eigenvalue weighted by Gasteiger charge is 2.35. The van der Waals surface area contributed by atoms with Crippen molar-refractivity contribution in [2.24, 2.45) is 0 Å². The maximum atomic E-state index is 11.4. The Morgan fingerprint density at radius 3 is 2.90 bits per heavy atom. The monoisotopic (exact) mass is 305 g/mol. The van der Waals surface area contributed by atoms with Crippen LogP contribution in [0.5, 0.6) is 0 Å². The number of hydrogen-bond acceptors (Lipinski definition) is 7. The standard InChI is InChI=1S/C13H15N5O2S/c1-14-12-11(18(19)20)13(16-8-15-12)17(10-2-3-10)6-9-4-5-21-7-9/h4-5,7-8,10H,2-3,6H2,1H3,(H,14,15,16). The molecule has 2 aromatic heterocycles. The molecule has 0 bridgehead atoms. The third-order valence-corrected chi connectivity index (χ3v) is 4.15. The Kier molecular flexibility index (Phi) is 3.70. The molecule has 1 aliphatic carbocycles. The lowest BCUT2D eigenvalue weighted by Gasteiger charge is -2.23. The van der Waals surface area contributed by atoms with E-state index in [1.54, 1.807) is 18.4 Å². The zero-order valence-corrected chi connectivity index (χ0v) is 12.3. The van der Waals surface area contributed by atoms with Crippen LogP contribution in [0, 0.1) is 10.1 Å². The van der Waals surface area contributed by atoms with Crippen LogP contribution in [0.1, 0.15) is 18.4 Å².